The van der Waals surface area contributed by atoms with Gasteiger partial charge in [-0.25, -0.2) is 0 Å². The Morgan fingerprint density at radius 2 is 2.00 bits per heavy atom. The molecular weight excluding hydrogens is 218 g/mol. The number of piperidine rings is 1. The molecule has 0 aliphatic carbocycles. The molecule has 0 amide bonds. The van der Waals surface area contributed by atoms with Crippen LogP contribution in [0.2, 0.25) is 0 Å². The Hall–Kier alpha value is -1.08. The third kappa shape index (κ3) is 3.71. The van der Waals surface area contributed by atoms with E-state index < -0.39 is 0 Å². The van der Waals surface area contributed by atoms with Gasteiger partial charge in [0, 0.05) is 7.97 Å². The Balaban J connectivity index is 0.00000180. The minimum atomic E-state index is 0. The summed E-state index contributed by atoms with van der Waals surface area (Å²) in [6, 6.07) is 10.8. The van der Waals surface area contributed by atoms with Gasteiger partial charge >= 0.3 is 0 Å². The van der Waals surface area contributed by atoms with Crippen LogP contribution >= 0.6 is 0 Å². The molecule has 1 atom stereocenters. The van der Waals surface area contributed by atoms with Crippen molar-refractivity contribution in [2.45, 2.75) is 32.7 Å². The van der Waals surface area contributed by atoms with Crippen molar-refractivity contribution in [2.24, 2.45) is 11.8 Å². The Morgan fingerprint density at radius 3 is 2.61 bits per heavy atom. The van der Waals surface area contributed by atoms with Crippen molar-refractivity contribution < 1.29 is 1.43 Å². The number of allylic oxidation sites excluding steroid dienone is 1. The van der Waals surface area contributed by atoms with Crippen LogP contribution in [0.25, 0.3) is 0 Å². The Bertz CT molecular complexity index is 355. The van der Waals surface area contributed by atoms with Gasteiger partial charge in [0.2, 0.25) is 0 Å². The topological polar surface area (TPSA) is 3.24 Å². The number of benzene rings is 1. The molecule has 1 aliphatic heterocycles. The van der Waals surface area contributed by atoms with Crippen molar-refractivity contribution >= 4 is 0 Å². The maximum atomic E-state index is 3.86. The summed E-state index contributed by atoms with van der Waals surface area (Å²) in [5.41, 5.74) is 1.44. The zero-order valence-corrected chi connectivity index (χ0v) is 11.5. The second kappa shape index (κ2) is 6.75. The molecule has 0 aromatic heterocycles. The number of likely N-dealkylation sites (tertiary alicyclic amines) is 1. The molecule has 1 aromatic rings. The van der Waals surface area contributed by atoms with E-state index in [0.29, 0.717) is 0 Å². The van der Waals surface area contributed by atoms with Crippen LogP contribution < -0.4 is 0 Å². The Kier molecular flexibility index (Phi) is 5.00. The number of rotatable bonds is 5. The van der Waals surface area contributed by atoms with E-state index in [1.54, 1.807) is 0 Å². The highest BCUT2D eigenvalue weighted by atomic mass is 15.1. The van der Waals surface area contributed by atoms with E-state index in [4.69, 9.17) is 0 Å². The van der Waals surface area contributed by atoms with E-state index in [9.17, 15) is 0 Å². The van der Waals surface area contributed by atoms with Gasteiger partial charge in [0.25, 0.3) is 0 Å². The lowest BCUT2D eigenvalue weighted by Gasteiger charge is -2.34. The first-order valence-electron chi connectivity index (χ1n) is 7.16. The van der Waals surface area contributed by atoms with Gasteiger partial charge in [-0.1, -0.05) is 43.3 Å². The molecule has 18 heavy (non-hydrogen) atoms. The number of hydrogen-bond acceptors (Lipinski definition) is 1. The van der Waals surface area contributed by atoms with Crippen molar-refractivity contribution in [3.63, 3.8) is 0 Å². The largest absolute Gasteiger partial charge is 0.299 e. The maximum absolute atomic E-state index is 3.86. The predicted molar refractivity (Wildman–Crippen MR) is 80.5 cm³/mol. The van der Waals surface area contributed by atoms with Crippen molar-refractivity contribution in [1.82, 2.24) is 4.90 Å². The highest BCUT2D eigenvalue weighted by Gasteiger charge is 2.22. The van der Waals surface area contributed by atoms with Gasteiger partial charge in [0.05, 0.1) is 0 Å². The van der Waals surface area contributed by atoms with Crippen LogP contribution in [0, 0.1) is 11.8 Å². The molecule has 0 bridgehead atoms. The lowest BCUT2D eigenvalue weighted by Crippen LogP contribution is -2.35. The molecule has 1 saturated heterocycles. The minimum Gasteiger partial charge on any atom is -0.299 e. The molecule has 1 heteroatoms. The van der Waals surface area contributed by atoms with Crippen LogP contribution in [0.1, 0.15) is 33.2 Å². The van der Waals surface area contributed by atoms with Gasteiger partial charge < -0.3 is 0 Å². The highest BCUT2D eigenvalue weighted by Crippen LogP contribution is 2.27. The van der Waals surface area contributed by atoms with Crippen molar-refractivity contribution in [1.29, 1.82) is 0 Å². The number of hydrogen-bond donors (Lipinski definition) is 0. The quantitative estimate of drug-likeness (QED) is 0.697. The van der Waals surface area contributed by atoms with E-state index in [1.165, 1.54) is 37.9 Å². The molecule has 0 radical (unpaired) electrons. The maximum Gasteiger partial charge on any atom is 0.0233 e. The third-order valence-electron chi connectivity index (χ3n) is 4.22. The summed E-state index contributed by atoms with van der Waals surface area (Å²) in [6.45, 7) is 9.85. The zero-order chi connectivity index (χ0) is 12.8. The first-order chi connectivity index (χ1) is 8.79. The van der Waals surface area contributed by atoms with Gasteiger partial charge in [0.15, 0.2) is 0 Å². The highest BCUT2D eigenvalue weighted by molar-refractivity contribution is 5.14. The molecule has 0 N–H and O–H groups in total. The summed E-state index contributed by atoms with van der Waals surface area (Å²) >= 11 is 0. The summed E-state index contributed by atoms with van der Waals surface area (Å²) in [5, 5.41) is 0. The molecule has 0 saturated carbocycles. The summed E-state index contributed by atoms with van der Waals surface area (Å²) in [7, 11) is 0. The smallest absolute Gasteiger partial charge is 0.0233 e. The minimum absolute atomic E-state index is 0. The van der Waals surface area contributed by atoms with Crippen LogP contribution in [0.15, 0.2) is 43.0 Å². The van der Waals surface area contributed by atoms with Gasteiger partial charge in [0.1, 0.15) is 0 Å². The predicted octanol–water partition coefficient (Wildman–Crippen LogP) is 4.36. The monoisotopic (exact) mass is 245 g/mol. The van der Waals surface area contributed by atoms with Crippen LogP contribution in [0.3, 0.4) is 0 Å². The first-order valence-corrected chi connectivity index (χ1v) is 7.16. The fraction of sp³-hybridized carbons (Fsp3) is 0.529. The SMILES string of the molecule is C=CCC(C)C1CCN(Cc2ccccc2)CC1.[HH]. The van der Waals surface area contributed by atoms with Crippen molar-refractivity contribution in [2.75, 3.05) is 13.1 Å². The van der Waals surface area contributed by atoms with Crippen LogP contribution in [0.4, 0.5) is 0 Å². The average molecular weight is 245 g/mol. The Labute approximate surface area is 113 Å². The molecule has 1 fully saturated rings. The summed E-state index contributed by atoms with van der Waals surface area (Å²) in [6.07, 6.45) is 5.94. The zero-order valence-electron chi connectivity index (χ0n) is 11.5. The van der Waals surface area contributed by atoms with E-state index in [0.717, 1.165) is 18.4 Å². The molecule has 0 spiro atoms. The van der Waals surface area contributed by atoms with Gasteiger partial charge in [-0.3, -0.25) is 4.90 Å². The van der Waals surface area contributed by atoms with Gasteiger partial charge in [-0.15, -0.1) is 6.58 Å². The molecular formula is C17H27N. The van der Waals surface area contributed by atoms with Crippen molar-refractivity contribution in [3.8, 4) is 0 Å². The second-order valence-electron chi connectivity index (χ2n) is 5.60. The molecule has 1 aliphatic rings. The molecule has 2 rings (SSSR count). The molecule has 1 heterocycles. The Morgan fingerprint density at radius 1 is 1.33 bits per heavy atom. The van der Waals surface area contributed by atoms with Crippen LogP contribution in [-0.4, -0.2) is 18.0 Å². The molecule has 100 valence electrons. The second-order valence-corrected chi connectivity index (χ2v) is 5.60. The first kappa shape index (κ1) is 13.4. The summed E-state index contributed by atoms with van der Waals surface area (Å²) in [5.74, 6) is 1.70. The van der Waals surface area contributed by atoms with E-state index in [-0.39, 0.29) is 1.43 Å². The lowest BCUT2D eigenvalue weighted by molar-refractivity contribution is 0.147. The van der Waals surface area contributed by atoms with E-state index in [1.807, 2.05) is 0 Å². The van der Waals surface area contributed by atoms with Crippen molar-refractivity contribution in [3.05, 3.63) is 48.6 Å². The van der Waals surface area contributed by atoms with Crippen LogP contribution in [-0.2, 0) is 6.54 Å². The molecule has 1 nitrogen and oxygen atoms in total. The standard InChI is InChI=1S/C17H25N.H2/c1-3-7-15(2)17-10-12-18(13-11-17)14-16-8-5-4-6-9-16;/h3-6,8-9,15,17H,1,7,10-14H2,2H3;1H. The lowest BCUT2D eigenvalue weighted by atomic mass is 9.83. The number of nitrogens with zero attached hydrogens (tertiary/aromatic N) is 1. The molecule has 1 aromatic carbocycles. The summed E-state index contributed by atoms with van der Waals surface area (Å²) < 4.78 is 0. The van der Waals surface area contributed by atoms with Crippen LogP contribution in [0.5, 0.6) is 0 Å². The normalized spacial score (nSPS) is 19.6. The average Bonchev–Trinajstić information content (AvgIpc) is 2.41. The van der Waals surface area contributed by atoms with Gasteiger partial charge in [-0.2, -0.15) is 0 Å². The van der Waals surface area contributed by atoms with Gasteiger partial charge in [-0.05, 0) is 49.8 Å². The summed E-state index contributed by atoms with van der Waals surface area (Å²) in [4.78, 5) is 2.59. The fourth-order valence-electron chi connectivity index (χ4n) is 2.98. The van der Waals surface area contributed by atoms with E-state index in [2.05, 4.69) is 54.8 Å². The fourth-order valence-corrected chi connectivity index (χ4v) is 2.98. The third-order valence-corrected chi connectivity index (χ3v) is 4.22. The van der Waals surface area contributed by atoms with E-state index >= 15 is 0 Å². The molecule has 1 unspecified atom stereocenters.